The molecule has 0 aliphatic carbocycles. The molecule has 0 saturated carbocycles. The third-order valence-corrected chi connectivity index (χ3v) is 4.28. The summed E-state index contributed by atoms with van der Waals surface area (Å²) in [5, 5.41) is 7.34. The molecule has 1 aromatic rings. The zero-order valence-corrected chi connectivity index (χ0v) is 11.3. The number of piperidine rings is 1. The van der Waals surface area contributed by atoms with Crippen molar-refractivity contribution in [1.82, 2.24) is 10.2 Å². The second-order valence-corrected chi connectivity index (χ2v) is 5.59. The van der Waals surface area contributed by atoms with E-state index in [1.165, 1.54) is 12.8 Å². The first-order chi connectivity index (χ1) is 8.18. The fourth-order valence-electron chi connectivity index (χ4n) is 2.32. The van der Waals surface area contributed by atoms with E-state index in [0.717, 1.165) is 30.8 Å². The van der Waals surface area contributed by atoms with Gasteiger partial charge in [-0.25, -0.2) is 0 Å². The Morgan fingerprint density at radius 1 is 1.47 bits per heavy atom. The van der Waals surface area contributed by atoms with E-state index < -0.39 is 0 Å². The van der Waals surface area contributed by atoms with Crippen LogP contribution in [-0.4, -0.2) is 37.5 Å². The highest BCUT2D eigenvalue weighted by Gasteiger charge is 2.20. The van der Waals surface area contributed by atoms with Crippen LogP contribution in [0.3, 0.4) is 0 Å². The Kier molecular flexibility index (Phi) is 4.18. The number of hydrogen-bond acceptors (Lipinski definition) is 3. The van der Waals surface area contributed by atoms with E-state index in [4.69, 9.17) is 0 Å². The van der Waals surface area contributed by atoms with Gasteiger partial charge in [-0.1, -0.05) is 0 Å². The number of hydrogen-bond donors (Lipinski definition) is 1. The molecule has 0 spiro atoms. The van der Waals surface area contributed by atoms with Crippen LogP contribution in [0.4, 0.5) is 0 Å². The van der Waals surface area contributed by atoms with E-state index in [2.05, 4.69) is 5.32 Å². The van der Waals surface area contributed by atoms with E-state index in [1.807, 2.05) is 29.6 Å². The molecule has 17 heavy (non-hydrogen) atoms. The Morgan fingerprint density at radius 2 is 2.18 bits per heavy atom. The molecule has 2 rings (SSSR count). The fraction of sp³-hybridized carbons (Fsp3) is 0.615. The van der Waals surface area contributed by atoms with Gasteiger partial charge in [-0.05, 0) is 49.7 Å². The Labute approximate surface area is 107 Å². The first-order valence-electron chi connectivity index (χ1n) is 6.17. The fourth-order valence-corrected chi connectivity index (χ4v) is 3.14. The van der Waals surface area contributed by atoms with Crippen molar-refractivity contribution < 1.29 is 4.79 Å². The summed E-state index contributed by atoms with van der Waals surface area (Å²) >= 11 is 1.60. The Morgan fingerprint density at radius 3 is 2.76 bits per heavy atom. The summed E-state index contributed by atoms with van der Waals surface area (Å²) < 4.78 is 0. The lowest BCUT2D eigenvalue weighted by Gasteiger charge is -2.27. The van der Waals surface area contributed by atoms with Crippen molar-refractivity contribution in [1.29, 1.82) is 0 Å². The summed E-state index contributed by atoms with van der Waals surface area (Å²) in [6.07, 6.45) is 2.36. The molecule has 1 aliphatic rings. The van der Waals surface area contributed by atoms with Crippen LogP contribution in [0.5, 0.6) is 0 Å². The molecule has 4 heteroatoms. The molecule has 1 N–H and O–H groups in total. The molecule has 0 radical (unpaired) electrons. The zero-order valence-electron chi connectivity index (χ0n) is 10.5. The van der Waals surface area contributed by atoms with Crippen molar-refractivity contribution in [3.63, 3.8) is 0 Å². The number of nitrogens with one attached hydrogen (secondary N) is 1. The zero-order chi connectivity index (χ0) is 12.3. The molecule has 3 nitrogen and oxygen atoms in total. The number of carbonyl (C=O) groups is 1. The van der Waals surface area contributed by atoms with Gasteiger partial charge < -0.3 is 10.2 Å². The molecule has 0 aromatic carbocycles. The van der Waals surface area contributed by atoms with E-state index in [9.17, 15) is 4.79 Å². The highest BCUT2D eigenvalue weighted by Crippen LogP contribution is 2.18. The van der Waals surface area contributed by atoms with E-state index in [0.29, 0.717) is 5.92 Å². The summed E-state index contributed by atoms with van der Waals surface area (Å²) in [5.41, 5.74) is 1.96. The van der Waals surface area contributed by atoms with Crippen LogP contribution in [-0.2, 0) is 0 Å². The molecule has 1 amide bonds. The maximum atomic E-state index is 12.2. The average molecular weight is 252 g/mol. The number of aryl methyl sites for hydroxylation is 1. The smallest absolute Gasteiger partial charge is 0.254 e. The van der Waals surface area contributed by atoms with Gasteiger partial charge in [0, 0.05) is 19.0 Å². The molecule has 0 bridgehead atoms. The maximum absolute atomic E-state index is 12.2. The van der Waals surface area contributed by atoms with E-state index in [1.54, 1.807) is 11.3 Å². The molecule has 2 heterocycles. The summed E-state index contributed by atoms with van der Waals surface area (Å²) in [6.45, 7) is 5.06. The standard InChI is InChI=1S/C13H20N2OS/c1-10-8-17-9-12(10)13(16)15(2)7-11-3-5-14-6-4-11/h8-9,11,14H,3-7H2,1-2H3. The predicted octanol–water partition coefficient (Wildman–Crippen LogP) is 2.13. The first kappa shape index (κ1) is 12.6. The summed E-state index contributed by atoms with van der Waals surface area (Å²) in [4.78, 5) is 14.1. The molecule has 1 aromatic heterocycles. The van der Waals surface area contributed by atoms with Gasteiger partial charge in [0.25, 0.3) is 5.91 Å². The highest BCUT2D eigenvalue weighted by atomic mass is 32.1. The third kappa shape index (κ3) is 3.07. The Balaban J connectivity index is 1.93. The molecule has 94 valence electrons. The van der Waals surface area contributed by atoms with Crippen LogP contribution in [0.1, 0.15) is 28.8 Å². The van der Waals surface area contributed by atoms with Crippen LogP contribution < -0.4 is 5.32 Å². The van der Waals surface area contributed by atoms with Crippen LogP contribution in [0.25, 0.3) is 0 Å². The van der Waals surface area contributed by atoms with Crippen molar-refractivity contribution in [3.05, 3.63) is 21.9 Å². The Bertz CT molecular complexity index is 383. The van der Waals surface area contributed by atoms with Crippen molar-refractivity contribution in [3.8, 4) is 0 Å². The molecular formula is C13H20N2OS. The largest absolute Gasteiger partial charge is 0.341 e. The minimum absolute atomic E-state index is 0.169. The number of thiophene rings is 1. The summed E-state index contributed by atoms with van der Waals surface area (Å²) in [6, 6.07) is 0. The molecule has 0 unspecified atom stereocenters. The second kappa shape index (κ2) is 5.65. The van der Waals surface area contributed by atoms with Crippen molar-refractivity contribution >= 4 is 17.2 Å². The van der Waals surface area contributed by atoms with Gasteiger partial charge in [-0.15, -0.1) is 0 Å². The van der Waals surface area contributed by atoms with Crippen LogP contribution in [0.2, 0.25) is 0 Å². The topological polar surface area (TPSA) is 32.3 Å². The lowest BCUT2D eigenvalue weighted by Crippen LogP contribution is -2.37. The minimum atomic E-state index is 0.169. The number of carbonyl (C=O) groups excluding carboxylic acids is 1. The molecule has 0 atom stereocenters. The molecule has 1 saturated heterocycles. The van der Waals surface area contributed by atoms with Gasteiger partial charge in [0.1, 0.15) is 0 Å². The normalized spacial score (nSPS) is 17.1. The number of amides is 1. The quantitative estimate of drug-likeness (QED) is 0.894. The van der Waals surface area contributed by atoms with E-state index in [-0.39, 0.29) is 5.91 Å². The van der Waals surface area contributed by atoms with Gasteiger partial charge in [-0.3, -0.25) is 4.79 Å². The number of nitrogens with zero attached hydrogens (tertiary/aromatic N) is 1. The lowest BCUT2D eigenvalue weighted by atomic mass is 9.97. The third-order valence-electron chi connectivity index (χ3n) is 3.42. The lowest BCUT2D eigenvalue weighted by molar-refractivity contribution is 0.0762. The number of rotatable bonds is 3. The van der Waals surface area contributed by atoms with Crippen molar-refractivity contribution in [2.75, 3.05) is 26.7 Å². The van der Waals surface area contributed by atoms with Crippen LogP contribution >= 0.6 is 11.3 Å². The maximum Gasteiger partial charge on any atom is 0.254 e. The van der Waals surface area contributed by atoms with Gasteiger partial charge in [0.2, 0.25) is 0 Å². The van der Waals surface area contributed by atoms with Crippen LogP contribution in [0, 0.1) is 12.8 Å². The SMILES string of the molecule is Cc1cscc1C(=O)N(C)CC1CCNCC1. The second-order valence-electron chi connectivity index (χ2n) is 4.85. The van der Waals surface area contributed by atoms with Crippen molar-refractivity contribution in [2.45, 2.75) is 19.8 Å². The minimum Gasteiger partial charge on any atom is -0.341 e. The van der Waals surface area contributed by atoms with Gasteiger partial charge in [0.05, 0.1) is 5.56 Å². The molecular weight excluding hydrogens is 232 g/mol. The van der Waals surface area contributed by atoms with E-state index >= 15 is 0 Å². The monoisotopic (exact) mass is 252 g/mol. The van der Waals surface area contributed by atoms with Crippen molar-refractivity contribution in [2.24, 2.45) is 5.92 Å². The summed E-state index contributed by atoms with van der Waals surface area (Å²) in [7, 11) is 1.92. The first-order valence-corrected chi connectivity index (χ1v) is 7.11. The van der Waals surface area contributed by atoms with Crippen LogP contribution in [0.15, 0.2) is 10.8 Å². The van der Waals surface area contributed by atoms with Gasteiger partial charge >= 0.3 is 0 Å². The predicted molar refractivity (Wildman–Crippen MR) is 71.6 cm³/mol. The van der Waals surface area contributed by atoms with Gasteiger partial charge in [0.15, 0.2) is 0 Å². The summed E-state index contributed by atoms with van der Waals surface area (Å²) in [5.74, 6) is 0.825. The highest BCUT2D eigenvalue weighted by molar-refractivity contribution is 7.08. The van der Waals surface area contributed by atoms with Gasteiger partial charge in [-0.2, -0.15) is 11.3 Å². The average Bonchev–Trinajstić information content (AvgIpc) is 2.76. The molecule has 1 fully saturated rings. The Hall–Kier alpha value is -0.870. The molecule has 1 aliphatic heterocycles.